The first-order valence-electron chi connectivity index (χ1n) is 21.3. The Morgan fingerprint density at radius 2 is 1.38 bits per heavy atom. The lowest BCUT2D eigenvalue weighted by Crippen LogP contribution is -2.44. The Morgan fingerprint density at radius 3 is 2.00 bits per heavy atom. The molecule has 2 atom stereocenters. The molecule has 64 heavy (non-hydrogen) atoms. The number of anilines is 3. The number of nitrogens with one attached hydrogen (secondary N) is 1. The van der Waals surface area contributed by atoms with Crippen molar-refractivity contribution in [3.8, 4) is 0 Å². The number of aryl methyl sites for hydroxylation is 1. The van der Waals surface area contributed by atoms with Crippen LogP contribution >= 0.6 is 55.1 Å². The number of nitrogens with two attached hydrogens (primary N) is 2. The Balaban J connectivity index is 0.000000191. The molecule has 0 spiro atoms. The van der Waals surface area contributed by atoms with Gasteiger partial charge >= 0.3 is 5.97 Å². The molecule has 6 heterocycles. The van der Waals surface area contributed by atoms with Crippen LogP contribution in [0.3, 0.4) is 0 Å². The topological polar surface area (TPSA) is 201 Å². The van der Waals surface area contributed by atoms with Gasteiger partial charge in [-0.2, -0.15) is 0 Å². The SMILES string of the molecule is CCNC(=O)CC[C@@]1(N)CCN(c2cc(Cl)cc(Br)c2Cn2cnc3c(N)ncnc32)C1.CCOC(=O)CCC1(C)CCN(c2cc(Cl)cc(Br)c2Cn2cnc3c(C)ncnc32)C1. The van der Waals surface area contributed by atoms with E-state index in [9.17, 15) is 9.59 Å². The highest BCUT2D eigenvalue weighted by Gasteiger charge is 2.37. The zero-order valence-electron chi connectivity index (χ0n) is 36.4. The minimum absolute atomic E-state index is 0.0372. The zero-order chi connectivity index (χ0) is 45.8. The molecule has 0 saturated carbocycles. The second-order valence-corrected chi connectivity index (χ2v) is 19.4. The number of esters is 1. The summed E-state index contributed by atoms with van der Waals surface area (Å²) in [6, 6.07) is 7.79. The number of aromatic nitrogens is 8. The van der Waals surface area contributed by atoms with Crippen molar-refractivity contribution in [2.45, 2.75) is 84.8 Å². The largest absolute Gasteiger partial charge is 0.466 e. The summed E-state index contributed by atoms with van der Waals surface area (Å²) in [7, 11) is 0. The number of carbonyl (C=O) groups excluding carboxylic acids is 2. The monoisotopic (exact) mass is 1040 g/mol. The highest BCUT2D eigenvalue weighted by Crippen LogP contribution is 2.42. The predicted octanol–water partition coefficient (Wildman–Crippen LogP) is 7.86. The first-order chi connectivity index (χ1) is 30.6. The number of hydrogen-bond donors (Lipinski definition) is 3. The Bertz CT molecular complexity index is 2480. The van der Waals surface area contributed by atoms with Gasteiger partial charge in [0.1, 0.15) is 23.7 Å². The normalized spacial score (nSPS) is 18.5. The van der Waals surface area contributed by atoms with Crippen molar-refractivity contribution in [1.82, 2.24) is 44.4 Å². The van der Waals surface area contributed by atoms with E-state index < -0.39 is 5.54 Å². The summed E-state index contributed by atoms with van der Waals surface area (Å²) >= 11 is 20.3. The second kappa shape index (κ2) is 20.3. The molecule has 4 aromatic heterocycles. The van der Waals surface area contributed by atoms with Crippen LogP contribution < -0.4 is 26.6 Å². The summed E-state index contributed by atoms with van der Waals surface area (Å²) in [5, 5.41) is 4.16. The van der Waals surface area contributed by atoms with E-state index in [0.29, 0.717) is 79.1 Å². The number of ether oxygens (including phenoxy) is 1. The van der Waals surface area contributed by atoms with Crippen LogP contribution in [-0.2, 0) is 27.4 Å². The van der Waals surface area contributed by atoms with Crippen LogP contribution in [0, 0.1) is 12.3 Å². The number of fused-ring (bicyclic) bond motifs is 2. The molecule has 2 saturated heterocycles. The number of hydrogen-bond acceptors (Lipinski definition) is 13. The third kappa shape index (κ3) is 10.9. The van der Waals surface area contributed by atoms with Gasteiger partial charge in [-0.3, -0.25) is 9.59 Å². The van der Waals surface area contributed by atoms with E-state index in [1.54, 1.807) is 12.7 Å². The lowest BCUT2D eigenvalue weighted by atomic mass is 9.85. The molecular formula is C44H53Br2Cl2N13O3. The molecule has 6 aromatic rings. The summed E-state index contributed by atoms with van der Waals surface area (Å²) in [5.41, 5.74) is 20.2. The van der Waals surface area contributed by atoms with Crippen LogP contribution in [0.2, 0.25) is 10.0 Å². The van der Waals surface area contributed by atoms with Crippen LogP contribution in [0.1, 0.15) is 76.1 Å². The van der Waals surface area contributed by atoms with Gasteiger partial charge in [0.25, 0.3) is 0 Å². The Morgan fingerprint density at radius 1 is 0.797 bits per heavy atom. The Labute approximate surface area is 399 Å². The highest BCUT2D eigenvalue weighted by atomic mass is 79.9. The van der Waals surface area contributed by atoms with Gasteiger partial charge < -0.3 is 40.5 Å². The fraction of sp³-hybridized carbons (Fsp3) is 0.455. The molecule has 0 aliphatic carbocycles. The average molecular weight is 1040 g/mol. The third-order valence-corrected chi connectivity index (χ3v) is 13.9. The molecule has 16 nitrogen and oxygen atoms in total. The first kappa shape index (κ1) is 47.3. The van der Waals surface area contributed by atoms with Gasteiger partial charge in [-0.15, -0.1) is 0 Å². The van der Waals surface area contributed by atoms with Crippen molar-refractivity contribution in [2.24, 2.45) is 11.1 Å². The number of rotatable bonds is 14. The van der Waals surface area contributed by atoms with Crippen LogP contribution in [0.4, 0.5) is 17.2 Å². The van der Waals surface area contributed by atoms with Crippen molar-refractivity contribution in [3.05, 3.63) is 85.4 Å². The van der Waals surface area contributed by atoms with Crippen LogP contribution in [0.5, 0.6) is 0 Å². The van der Waals surface area contributed by atoms with Crippen molar-refractivity contribution < 1.29 is 14.3 Å². The summed E-state index contributed by atoms with van der Waals surface area (Å²) < 4.78 is 10.9. The summed E-state index contributed by atoms with van der Waals surface area (Å²) in [6.07, 6.45) is 10.7. The maximum Gasteiger partial charge on any atom is 0.305 e. The maximum absolute atomic E-state index is 11.9. The van der Waals surface area contributed by atoms with E-state index in [-0.39, 0.29) is 17.3 Å². The predicted molar refractivity (Wildman–Crippen MR) is 259 cm³/mol. The van der Waals surface area contributed by atoms with Gasteiger partial charge in [-0.1, -0.05) is 62.0 Å². The number of imidazole rings is 2. The van der Waals surface area contributed by atoms with Gasteiger partial charge in [0.05, 0.1) is 38.0 Å². The standard InChI is InChI=1S/C23H27BrClN5O2.C21H26BrClN8O/c1-4-32-20(31)5-6-23(3)7-8-29(12-23)19-10-16(25)9-18(24)17(19)11-30-14-28-21-15(2)26-13-27-22(21)30;1-2-26-17(32)3-4-21(25)5-6-30(10-21)16-8-13(23)7-15(22)14(16)9-31-12-29-18-19(24)27-11-28-20(18)31/h9-10,13-14H,4-8,11-12H2,1-3H3;7-8,11-12H,2-6,9-10,25H2,1H3,(H,26,32)(H2,24,27,28)/t;21-/m.1/s1. The molecule has 2 aromatic carbocycles. The van der Waals surface area contributed by atoms with Gasteiger partial charge in [0, 0.05) is 92.6 Å². The zero-order valence-corrected chi connectivity index (χ0v) is 41.1. The Hall–Kier alpha value is -4.62. The van der Waals surface area contributed by atoms with E-state index >= 15 is 0 Å². The van der Waals surface area contributed by atoms with E-state index in [2.05, 4.69) is 83.8 Å². The number of nitrogens with zero attached hydrogens (tertiary/aromatic N) is 10. The van der Waals surface area contributed by atoms with E-state index in [1.165, 1.54) is 6.33 Å². The van der Waals surface area contributed by atoms with Gasteiger partial charge in [-0.25, -0.2) is 29.9 Å². The third-order valence-electron chi connectivity index (χ3n) is 12.0. The molecule has 2 fully saturated rings. The second-order valence-electron chi connectivity index (χ2n) is 16.9. The van der Waals surface area contributed by atoms with E-state index in [0.717, 1.165) is 87.2 Å². The van der Waals surface area contributed by atoms with Crippen LogP contribution in [0.15, 0.2) is 58.5 Å². The first-order valence-corrected chi connectivity index (χ1v) is 23.6. The summed E-state index contributed by atoms with van der Waals surface area (Å²) in [4.78, 5) is 54.3. The molecule has 8 rings (SSSR count). The van der Waals surface area contributed by atoms with Gasteiger partial charge in [-0.05, 0) is 76.1 Å². The minimum Gasteiger partial charge on any atom is -0.466 e. The van der Waals surface area contributed by atoms with Gasteiger partial charge in [0.15, 0.2) is 17.1 Å². The fourth-order valence-electron chi connectivity index (χ4n) is 8.55. The number of halogens is 4. The fourth-order valence-corrected chi connectivity index (χ4v) is 10.4. The summed E-state index contributed by atoms with van der Waals surface area (Å²) in [6.45, 7) is 13.3. The molecule has 2 aliphatic heterocycles. The average Bonchev–Trinajstić information content (AvgIpc) is 4.06. The van der Waals surface area contributed by atoms with Crippen LogP contribution in [0.25, 0.3) is 22.3 Å². The minimum atomic E-state index is -0.430. The molecule has 2 aliphatic rings. The molecule has 20 heteroatoms. The van der Waals surface area contributed by atoms with E-state index in [1.807, 2.05) is 60.5 Å². The lowest BCUT2D eigenvalue weighted by Gasteiger charge is -2.27. The van der Waals surface area contributed by atoms with Gasteiger partial charge in [0.2, 0.25) is 5.91 Å². The highest BCUT2D eigenvalue weighted by molar-refractivity contribution is 9.10. The van der Waals surface area contributed by atoms with Crippen molar-refractivity contribution in [1.29, 1.82) is 0 Å². The molecule has 1 amide bonds. The summed E-state index contributed by atoms with van der Waals surface area (Å²) in [5.74, 6) is 0.265. The van der Waals surface area contributed by atoms with E-state index in [4.69, 9.17) is 39.4 Å². The molecule has 340 valence electrons. The molecule has 0 bridgehead atoms. The number of carbonyl (C=O) groups is 2. The quantitative estimate of drug-likeness (QED) is 0.0892. The molecular weight excluding hydrogens is 989 g/mol. The molecule has 0 radical (unpaired) electrons. The lowest BCUT2D eigenvalue weighted by molar-refractivity contribution is -0.143. The number of amides is 1. The number of nitrogen functional groups attached to an aromatic ring is 1. The van der Waals surface area contributed by atoms with Crippen molar-refractivity contribution >= 4 is 106 Å². The molecule has 1 unspecified atom stereocenters. The Kier molecular flexibility index (Phi) is 15.0. The van der Waals surface area contributed by atoms with Crippen molar-refractivity contribution in [2.75, 3.05) is 54.9 Å². The number of benzene rings is 2. The molecule has 5 N–H and O–H groups in total. The van der Waals surface area contributed by atoms with Crippen molar-refractivity contribution in [3.63, 3.8) is 0 Å². The smallest absolute Gasteiger partial charge is 0.305 e. The van der Waals surface area contributed by atoms with Crippen LogP contribution in [-0.4, -0.2) is 95.8 Å². The maximum atomic E-state index is 11.9.